The van der Waals surface area contributed by atoms with Gasteiger partial charge in [-0.05, 0) is 38.3 Å². The molecular formula is C10H22N2OW. The van der Waals surface area contributed by atoms with E-state index >= 15 is 0 Å². The summed E-state index contributed by atoms with van der Waals surface area (Å²) in [5.41, 5.74) is 0. The van der Waals surface area contributed by atoms with Crippen molar-refractivity contribution in [2.24, 2.45) is 5.92 Å². The van der Waals surface area contributed by atoms with Crippen molar-refractivity contribution in [3.05, 3.63) is 14.0 Å². The van der Waals surface area contributed by atoms with Gasteiger partial charge < -0.3 is 22.4 Å². The molecule has 84 valence electrons. The minimum Gasteiger partial charge on any atom is -0.475 e. The minimum atomic E-state index is 0. The van der Waals surface area contributed by atoms with E-state index in [-0.39, 0.29) is 26.8 Å². The molecule has 0 bridgehead atoms. The summed E-state index contributed by atoms with van der Waals surface area (Å²) in [6.45, 7) is 9.30. The summed E-state index contributed by atoms with van der Waals surface area (Å²) in [7, 11) is 5.00. The van der Waals surface area contributed by atoms with Crippen LogP contribution in [0.3, 0.4) is 0 Å². The van der Waals surface area contributed by atoms with Crippen LogP contribution in [0, 0.1) is 19.9 Å². The first kappa shape index (κ1) is 19.7. The fourth-order valence-electron chi connectivity index (χ4n) is 0.852. The van der Waals surface area contributed by atoms with Crippen molar-refractivity contribution >= 4 is 5.78 Å². The number of ketones is 1. The van der Waals surface area contributed by atoms with Crippen LogP contribution >= 0.6 is 0 Å². The van der Waals surface area contributed by atoms with Crippen molar-refractivity contribution in [3.63, 3.8) is 0 Å². The van der Waals surface area contributed by atoms with Gasteiger partial charge in [0.25, 0.3) is 0 Å². The Morgan fingerprint density at radius 1 is 1.50 bits per heavy atom. The second-order valence-corrected chi connectivity index (χ2v) is 3.01. The van der Waals surface area contributed by atoms with E-state index in [1.165, 1.54) is 0 Å². The van der Waals surface area contributed by atoms with E-state index in [9.17, 15) is 4.79 Å². The number of carbonyl (C=O) groups excluding carboxylic acids is 1. The Morgan fingerprint density at radius 2 is 1.93 bits per heavy atom. The Hall–Kier alpha value is 0.148. The summed E-state index contributed by atoms with van der Waals surface area (Å²) in [5.74, 6) is 0.454. The second-order valence-electron chi connectivity index (χ2n) is 3.01. The van der Waals surface area contributed by atoms with Crippen LogP contribution < -0.4 is 10.6 Å². The fourth-order valence-corrected chi connectivity index (χ4v) is 0.852. The van der Waals surface area contributed by atoms with Gasteiger partial charge in [0.05, 0.1) is 0 Å². The van der Waals surface area contributed by atoms with Gasteiger partial charge in [0.2, 0.25) is 0 Å². The Balaban J connectivity index is -0.000000267. The van der Waals surface area contributed by atoms with E-state index in [1.54, 1.807) is 7.05 Å². The minimum absolute atomic E-state index is 0. The zero-order chi connectivity index (χ0) is 10.7. The molecular weight excluding hydrogens is 348 g/mol. The maximum atomic E-state index is 10.5. The molecule has 0 heterocycles. The van der Waals surface area contributed by atoms with Gasteiger partial charge in [0, 0.05) is 0 Å². The third-order valence-electron chi connectivity index (χ3n) is 1.32. The van der Waals surface area contributed by atoms with Crippen LogP contribution in [-0.2, 0) is 25.9 Å². The summed E-state index contributed by atoms with van der Waals surface area (Å²) >= 11 is 0. The van der Waals surface area contributed by atoms with Crippen molar-refractivity contribution in [3.8, 4) is 0 Å². The number of carbonyl (C=O) groups is 1. The molecule has 2 N–H and O–H groups in total. The van der Waals surface area contributed by atoms with E-state index < -0.39 is 0 Å². The van der Waals surface area contributed by atoms with Gasteiger partial charge >= 0.3 is 21.1 Å². The molecule has 3 nitrogen and oxygen atoms in total. The molecule has 0 fully saturated rings. The average molecular weight is 370 g/mol. The molecule has 4 heteroatoms. The molecule has 0 saturated carbocycles. The van der Waals surface area contributed by atoms with Crippen molar-refractivity contribution < 1.29 is 25.9 Å². The number of hydrogen-bond donors (Lipinski definition) is 2. The molecule has 0 radical (unpaired) electrons. The number of hydrogen-bond acceptors (Lipinski definition) is 3. The maximum absolute atomic E-state index is 10.5. The van der Waals surface area contributed by atoms with Crippen LogP contribution in [-0.4, -0.2) is 25.9 Å². The van der Waals surface area contributed by atoms with Gasteiger partial charge in [-0.25, -0.2) is 0 Å². The average Bonchev–Trinajstić information content (AvgIpc) is 2.01. The largest absolute Gasteiger partial charge is 2.00 e. The van der Waals surface area contributed by atoms with Crippen molar-refractivity contribution in [2.45, 2.75) is 20.3 Å². The van der Waals surface area contributed by atoms with Crippen molar-refractivity contribution in [1.29, 1.82) is 0 Å². The molecule has 0 spiro atoms. The van der Waals surface area contributed by atoms with E-state index in [0.29, 0.717) is 12.3 Å². The Bertz CT molecular complexity index is 121. The summed E-state index contributed by atoms with van der Waals surface area (Å²) in [6, 6.07) is 0. The molecule has 0 aliphatic carbocycles. The molecule has 0 amide bonds. The summed E-state index contributed by atoms with van der Waals surface area (Å²) < 4.78 is 0. The zero-order valence-corrected chi connectivity index (χ0v) is 12.4. The van der Waals surface area contributed by atoms with Crippen LogP contribution in [0.25, 0.3) is 0 Å². The van der Waals surface area contributed by atoms with Crippen molar-refractivity contribution in [2.75, 3.05) is 20.1 Å². The molecule has 0 aromatic rings. The van der Waals surface area contributed by atoms with Gasteiger partial charge in [0.1, 0.15) is 0 Å². The Kier molecular flexibility index (Phi) is 21.9. The zero-order valence-electron chi connectivity index (χ0n) is 9.43. The van der Waals surface area contributed by atoms with Crippen LogP contribution in [0.2, 0.25) is 0 Å². The van der Waals surface area contributed by atoms with Crippen LogP contribution in [0.5, 0.6) is 0 Å². The number of Topliss-reactive ketones (excluding diaryl/α,β-unsaturated/α-hetero) is 1. The first-order valence-corrected chi connectivity index (χ1v) is 4.57. The first-order chi connectivity index (χ1) is 6.08. The van der Waals surface area contributed by atoms with Crippen molar-refractivity contribution in [1.82, 2.24) is 10.6 Å². The summed E-state index contributed by atoms with van der Waals surface area (Å²) in [5, 5.41) is 5.67. The number of nitrogens with one attached hydrogen (secondary N) is 2. The van der Waals surface area contributed by atoms with Gasteiger partial charge in [-0.3, -0.25) is 7.05 Å². The molecule has 0 aliphatic heterocycles. The molecule has 14 heavy (non-hydrogen) atoms. The Morgan fingerprint density at radius 3 is 2.21 bits per heavy atom. The fraction of sp³-hybridized carbons (Fsp3) is 0.700. The van der Waals surface area contributed by atoms with E-state index in [1.807, 2.05) is 6.92 Å². The smallest absolute Gasteiger partial charge is 0.475 e. The van der Waals surface area contributed by atoms with E-state index in [0.717, 1.165) is 13.1 Å². The Labute approximate surface area is 103 Å². The maximum Gasteiger partial charge on any atom is 2.00 e. The number of rotatable bonds is 5. The molecule has 0 aliphatic rings. The molecule has 0 saturated heterocycles. The normalized spacial score (nSPS) is 10.6. The first-order valence-electron chi connectivity index (χ1n) is 4.57. The third kappa shape index (κ3) is 22.7. The third-order valence-corrected chi connectivity index (χ3v) is 1.32. The SMILES string of the molecule is [CH2-]C(=O)CC(C)CNCC.[CH2-]NC.[W+2]. The van der Waals surface area contributed by atoms with Gasteiger partial charge in [-0.15, -0.1) is 0 Å². The predicted octanol–water partition coefficient (Wildman–Crippen LogP) is 1.02. The molecule has 0 rings (SSSR count). The molecule has 0 aromatic carbocycles. The quantitative estimate of drug-likeness (QED) is 0.711. The van der Waals surface area contributed by atoms with Gasteiger partial charge in [-0.1, -0.05) is 13.8 Å². The van der Waals surface area contributed by atoms with Crippen LogP contribution in [0.4, 0.5) is 0 Å². The topological polar surface area (TPSA) is 41.1 Å². The molecule has 1 unspecified atom stereocenters. The molecule has 0 aromatic heterocycles. The summed E-state index contributed by atoms with van der Waals surface area (Å²) in [6.07, 6.45) is 0.590. The van der Waals surface area contributed by atoms with Gasteiger partial charge in [0.15, 0.2) is 0 Å². The van der Waals surface area contributed by atoms with E-state index in [4.69, 9.17) is 0 Å². The monoisotopic (exact) mass is 370 g/mol. The molecule has 1 atom stereocenters. The second kappa shape index (κ2) is 15.6. The predicted molar refractivity (Wildman–Crippen MR) is 57.1 cm³/mol. The summed E-state index contributed by atoms with van der Waals surface area (Å²) in [4.78, 5) is 10.5. The van der Waals surface area contributed by atoms with E-state index in [2.05, 4.69) is 31.5 Å². The van der Waals surface area contributed by atoms with Crippen LogP contribution in [0.1, 0.15) is 20.3 Å². The standard InChI is InChI=1S/C8H16NO.C2H6N.W/c1-4-9-6-7(2)5-8(3)10;1-3-2;/h7,9H,3-6H2,1-2H3;3H,1H2,2H3;/q2*-1;+2. The van der Waals surface area contributed by atoms with Crippen LogP contribution in [0.15, 0.2) is 0 Å². The van der Waals surface area contributed by atoms with Gasteiger partial charge in [-0.2, -0.15) is 0 Å².